The van der Waals surface area contributed by atoms with Crippen LogP contribution < -0.4 is 5.32 Å². The molecule has 0 saturated heterocycles. The third-order valence-corrected chi connectivity index (χ3v) is 4.80. The van der Waals surface area contributed by atoms with Gasteiger partial charge >= 0.3 is 6.18 Å². The molecule has 4 nitrogen and oxygen atoms in total. The molecule has 0 amide bonds. The van der Waals surface area contributed by atoms with Gasteiger partial charge in [0, 0.05) is 40.9 Å². The molecule has 2 aromatic heterocycles. The van der Waals surface area contributed by atoms with Crippen molar-refractivity contribution in [2.45, 2.75) is 20.0 Å². The van der Waals surface area contributed by atoms with Gasteiger partial charge in [0.25, 0.3) is 0 Å². The van der Waals surface area contributed by atoms with Gasteiger partial charge in [0.2, 0.25) is 0 Å². The van der Waals surface area contributed by atoms with Gasteiger partial charge in [-0.3, -0.25) is 10.1 Å². The molecule has 0 unspecified atom stereocenters. The number of benzene rings is 2. The van der Waals surface area contributed by atoms with Crippen LogP contribution in [0.4, 0.5) is 29.1 Å². The van der Waals surface area contributed by atoms with Gasteiger partial charge in [-0.05, 0) is 49.7 Å². The maximum atomic E-state index is 13.6. The molecule has 153 valence electrons. The van der Waals surface area contributed by atoms with Crippen molar-refractivity contribution >= 4 is 22.4 Å². The Morgan fingerprint density at radius 2 is 1.73 bits per heavy atom. The molecule has 0 bridgehead atoms. The second kappa shape index (κ2) is 8.12. The first-order chi connectivity index (χ1) is 13.7. The zero-order valence-corrected chi connectivity index (χ0v) is 17.4. The van der Waals surface area contributed by atoms with Gasteiger partial charge in [0.05, 0.1) is 16.8 Å². The summed E-state index contributed by atoms with van der Waals surface area (Å²) < 4.78 is 53.9. The van der Waals surface area contributed by atoms with Crippen molar-refractivity contribution in [1.82, 2.24) is 15.2 Å². The van der Waals surface area contributed by atoms with Crippen molar-refractivity contribution in [3.05, 3.63) is 71.2 Å². The summed E-state index contributed by atoms with van der Waals surface area (Å²) in [7, 11) is 0. The van der Waals surface area contributed by atoms with Crippen LogP contribution in [0.2, 0.25) is 0 Å². The van der Waals surface area contributed by atoms with Crippen molar-refractivity contribution in [1.29, 1.82) is 0 Å². The summed E-state index contributed by atoms with van der Waals surface area (Å²) in [4.78, 5) is 4.36. The molecule has 0 spiro atoms. The average Bonchev–Trinajstić information content (AvgIpc) is 3.06. The van der Waals surface area contributed by atoms with Crippen molar-refractivity contribution in [3.63, 3.8) is 0 Å². The van der Waals surface area contributed by atoms with Gasteiger partial charge in [-0.15, -0.1) is 0 Å². The number of hydrogen-bond acceptors (Lipinski definition) is 3. The van der Waals surface area contributed by atoms with E-state index in [4.69, 9.17) is 0 Å². The van der Waals surface area contributed by atoms with Gasteiger partial charge in [-0.25, -0.2) is 4.39 Å². The van der Waals surface area contributed by atoms with E-state index in [1.54, 1.807) is 32.0 Å². The number of anilines is 2. The molecule has 4 rings (SSSR count). The molecule has 0 fully saturated rings. The van der Waals surface area contributed by atoms with Gasteiger partial charge < -0.3 is 5.32 Å². The quantitative estimate of drug-likeness (QED) is 0.368. The molecule has 0 saturated carbocycles. The number of aromatic nitrogens is 3. The maximum absolute atomic E-state index is 13.6. The standard InChI is InChI=1S/C21H16F4N4.V/c1-11-12(2)26-19(14-5-3-4-6-16(14)21(23,24)25)10-18(11)27-20-15-9-13(22)7-8-17(15)28-29-20;/h3-10H,1-2H3,(H2,26,27,28,29);. The van der Waals surface area contributed by atoms with E-state index in [0.717, 1.165) is 11.6 Å². The molecule has 2 heterocycles. The fraction of sp³-hybridized carbons (Fsp3) is 0.143. The molecule has 0 aliphatic heterocycles. The number of halogens is 4. The fourth-order valence-corrected chi connectivity index (χ4v) is 3.17. The number of alkyl halides is 3. The monoisotopic (exact) mass is 451 g/mol. The number of pyridine rings is 1. The molecular formula is C21H16F4N4V. The Labute approximate surface area is 181 Å². The number of fused-ring (bicyclic) bond motifs is 1. The zero-order valence-electron chi connectivity index (χ0n) is 16.0. The van der Waals surface area contributed by atoms with Crippen LogP contribution in [0.5, 0.6) is 0 Å². The smallest absolute Gasteiger partial charge is 0.338 e. The summed E-state index contributed by atoms with van der Waals surface area (Å²) in [6.45, 7) is 3.53. The van der Waals surface area contributed by atoms with Crippen LogP contribution in [0.3, 0.4) is 0 Å². The number of H-pyrrole nitrogens is 1. The summed E-state index contributed by atoms with van der Waals surface area (Å²) in [6.07, 6.45) is -4.50. The van der Waals surface area contributed by atoms with Crippen molar-refractivity contribution in [3.8, 4) is 11.3 Å². The Bertz CT molecular complexity index is 1220. The normalized spacial score (nSPS) is 11.4. The maximum Gasteiger partial charge on any atom is 0.417 e. The fourth-order valence-electron chi connectivity index (χ4n) is 3.17. The van der Waals surface area contributed by atoms with Gasteiger partial charge in [-0.1, -0.05) is 18.2 Å². The van der Waals surface area contributed by atoms with Crippen LogP contribution in [0.15, 0.2) is 48.5 Å². The summed E-state index contributed by atoms with van der Waals surface area (Å²) in [5.41, 5.74) is 1.94. The van der Waals surface area contributed by atoms with Crippen molar-refractivity contribution in [2.75, 3.05) is 5.32 Å². The van der Waals surface area contributed by atoms with Crippen LogP contribution in [0, 0.1) is 19.7 Å². The molecule has 30 heavy (non-hydrogen) atoms. The first kappa shape index (κ1) is 21.9. The molecule has 9 heteroatoms. The molecule has 4 aromatic rings. The van der Waals surface area contributed by atoms with Crippen LogP contribution in [0.1, 0.15) is 16.8 Å². The number of nitrogens with one attached hydrogen (secondary N) is 2. The third kappa shape index (κ3) is 4.06. The first-order valence-corrected chi connectivity index (χ1v) is 8.79. The Morgan fingerprint density at radius 1 is 1.00 bits per heavy atom. The van der Waals surface area contributed by atoms with E-state index >= 15 is 0 Å². The van der Waals surface area contributed by atoms with E-state index in [9.17, 15) is 17.6 Å². The van der Waals surface area contributed by atoms with Crippen LogP contribution >= 0.6 is 0 Å². The minimum atomic E-state index is -4.50. The Kier molecular flexibility index (Phi) is 5.92. The first-order valence-electron chi connectivity index (χ1n) is 8.79. The third-order valence-electron chi connectivity index (χ3n) is 4.80. The largest absolute Gasteiger partial charge is 0.417 e. The zero-order chi connectivity index (χ0) is 20.8. The van der Waals surface area contributed by atoms with E-state index < -0.39 is 17.6 Å². The summed E-state index contributed by atoms with van der Waals surface area (Å²) in [5.74, 6) is -0.0346. The summed E-state index contributed by atoms with van der Waals surface area (Å²) >= 11 is 0. The van der Waals surface area contributed by atoms with E-state index in [-0.39, 0.29) is 29.8 Å². The van der Waals surface area contributed by atoms with E-state index in [2.05, 4.69) is 20.5 Å². The summed E-state index contributed by atoms with van der Waals surface area (Å²) in [6, 6.07) is 11.1. The SMILES string of the molecule is Cc1nc(-c2ccccc2C(F)(F)F)cc(Nc2n[nH]c3ccc(F)cc23)c1C.[V]. The van der Waals surface area contributed by atoms with Gasteiger partial charge in [0.15, 0.2) is 5.82 Å². The number of aromatic amines is 1. The van der Waals surface area contributed by atoms with Gasteiger partial charge in [0.1, 0.15) is 5.82 Å². The molecular weight excluding hydrogens is 435 g/mol. The molecule has 0 atom stereocenters. The summed E-state index contributed by atoms with van der Waals surface area (Å²) in [5, 5.41) is 10.6. The Balaban J connectivity index is 0.00000256. The molecule has 0 aliphatic carbocycles. The molecule has 2 aromatic carbocycles. The molecule has 0 aliphatic rings. The second-order valence-electron chi connectivity index (χ2n) is 6.70. The van der Waals surface area contributed by atoms with E-state index in [0.29, 0.717) is 28.1 Å². The minimum Gasteiger partial charge on any atom is -0.338 e. The van der Waals surface area contributed by atoms with Crippen molar-refractivity contribution < 1.29 is 36.1 Å². The minimum absolute atomic E-state index is 0. The predicted molar refractivity (Wildman–Crippen MR) is 103 cm³/mol. The number of nitrogens with zero attached hydrogens (tertiary/aromatic N) is 2. The predicted octanol–water partition coefficient (Wildman–Crippen LogP) is 6.14. The molecule has 2 N–H and O–H groups in total. The van der Waals surface area contributed by atoms with Crippen LogP contribution in [-0.4, -0.2) is 15.2 Å². The number of aryl methyl sites for hydroxylation is 1. The van der Waals surface area contributed by atoms with E-state index in [1.165, 1.54) is 24.3 Å². The number of rotatable bonds is 3. The average molecular weight is 451 g/mol. The van der Waals surface area contributed by atoms with Gasteiger partial charge in [-0.2, -0.15) is 18.3 Å². The van der Waals surface area contributed by atoms with Crippen LogP contribution in [-0.2, 0) is 24.7 Å². The number of hydrogen-bond donors (Lipinski definition) is 2. The topological polar surface area (TPSA) is 53.6 Å². The Hall–Kier alpha value is -2.84. The van der Waals surface area contributed by atoms with Crippen LogP contribution in [0.25, 0.3) is 22.2 Å². The van der Waals surface area contributed by atoms with E-state index in [1.807, 2.05) is 0 Å². The Morgan fingerprint density at radius 3 is 2.47 bits per heavy atom. The molecule has 1 radical (unpaired) electrons. The second-order valence-corrected chi connectivity index (χ2v) is 6.70. The van der Waals surface area contributed by atoms with Crippen molar-refractivity contribution in [2.24, 2.45) is 0 Å².